The van der Waals surface area contributed by atoms with E-state index < -0.39 is 23.2 Å². The van der Waals surface area contributed by atoms with Crippen molar-refractivity contribution in [1.29, 1.82) is 0 Å². The van der Waals surface area contributed by atoms with Crippen LogP contribution >= 0.6 is 0 Å². The summed E-state index contributed by atoms with van der Waals surface area (Å²) in [5, 5.41) is 10.4. The van der Waals surface area contributed by atoms with Crippen LogP contribution in [0.3, 0.4) is 0 Å². The molecule has 25 heavy (non-hydrogen) atoms. The summed E-state index contributed by atoms with van der Waals surface area (Å²) in [7, 11) is 0. The number of ether oxygens (including phenoxy) is 1. The average Bonchev–Trinajstić information content (AvgIpc) is 2.51. The molecular weight excluding hydrogens is 340 g/mol. The van der Waals surface area contributed by atoms with Crippen LogP contribution in [0.2, 0.25) is 0 Å². The summed E-state index contributed by atoms with van der Waals surface area (Å²) in [5.74, 6) is -1.32. The molecule has 2 aliphatic heterocycles. The van der Waals surface area contributed by atoms with Crippen LogP contribution in [0.15, 0.2) is 47.1 Å². The highest BCUT2D eigenvalue weighted by Gasteiger charge is 2.63. The fraction of sp³-hybridized carbons (Fsp3) is 0.353. The van der Waals surface area contributed by atoms with Crippen molar-refractivity contribution >= 4 is 11.5 Å². The van der Waals surface area contributed by atoms with Gasteiger partial charge in [0.15, 0.2) is 5.84 Å². The highest BCUT2D eigenvalue weighted by molar-refractivity contribution is 6.05. The molecule has 0 bridgehead atoms. The summed E-state index contributed by atoms with van der Waals surface area (Å²) < 4.78 is 62.0. The van der Waals surface area contributed by atoms with Crippen LogP contribution in [0.1, 0.15) is 19.4 Å². The molecule has 0 radical (unpaired) electrons. The topological polar surface area (TPSA) is 45.1 Å². The first-order valence-electron chi connectivity index (χ1n) is 7.63. The van der Waals surface area contributed by atoms with E-state index in [1.165, 1.54) is 18.4 Å². The molecule has 0 saturated heterocycles. The third kappa shape index (κ3) is 2.75. The van der Waals surface area contributed by atoms with Gasteiger partial charge in [0.25, 0.3) is 0 Å². The number of halogens is 4. The largest absolute Gasteiger partial charge is 0.426 e. The van der Waals surface area contributed by atoms with Gasteiger partial charge in [0.1, 0.15) is 5.82 Å². The number of nitrogens with zero attached hydrogens (tertiary/aromatic N) is 2. The van der Waals surface area contributed by atoms with Gasteiger partial charge in [0, 0.05) is 17.3 Å². The summed E-state index contributed by atoms with van der Waals surface area (Å²) >= 11 is 0. The summed E-state index contributed by atoms with van der Waals surface area (Å²) in [6, 6.07) is 2.94. The highest BCUT2D eigenvalue weighted by Crippen LogP contribution is 2.54. The Bertz CT molecular complexity index is 783. The van der Waals surface area contributed by atoms with E-state index in [-0.39, 0.29) is 29.6 Å². The number of fused-ring (bicyclic) bond motifs is 2. The zero-order chi connectivity index (χ0) is 18.4. The van der Waals surface area contributed by atoms with Gasteiger partial charge in [-0.05, 0) is 30.2 Å². The standard InChI is InChI=1S/C17H16F4N2O2/c1-10(2)9-25-16(17(19,20)21)12-4-3-7-23(24)15(12)22-14-6-5-11(18)8-13(14)16/h3-8,10,24H,9H2,1-2H3/t16-/m0/s1. The number of alkyl halides is 3. The SMILES string of the molecule is CC(C)CO[C@@]1(C(F)(F)F)C2=CC=CN(O)C2=Nc2ccc(F)cc21. The van der Waals surface area contributed by atoms with Crippen molar-refractivity contribution in [3.63, 3.8) is 0 Å². The summed E-state index contributed by atoms with van der Waals surface area (Å²) in [4.78, 5) is 4.05. The van der Waals surface area contributed by atoms with Crippen LogP contribution in [0.4, 0.5) is 23.2 Å². The van der Waals surface area contributed by atoms with Gasteiger partial charge in [-0.25, -0.2) is 14.4 Å². The normalized spacial score (nSPS) is 22.5. The summed E-state index contributed by atoms with van der Waals surface area (Å²) in [5.41, 5.74) is -3.84. The number of benzene rings is 1. The maximum Gasteiger partial charge on any atom is 0.426 e. The number of aliphatic imine (C=N–C) groups is 1. The average molecular weight is 356 g/mol. The third-order valence-corrected chi connectivity index (χ3v) is 3.92. The number of hydrogen-bond acceptors (Lipinski definition) is 4. The fourth-order valence-corrected chi connectivity index (χ4v) is 2.86. The molecule has 0 saturated carbocycles. The molecular formula is C17H16F4N2O2. The molecule has 1 aromatic carbocycles. The Morgan fingerprint density at radius 2 is 2.04 bits per heavy atom. The van der Waals surface area contributed by atoms with Crippen LogP contribution in [0.25, 0.3) is 0 Å². The van der Waals surface area contributed by atoms with Gasteiger partial charge in [0.05, 0.1) is 12.3 Å². The maximum absolute atomic E-state index is 14.3. The zero-order valence-electron chi connectivity index (χ0n) is 13.5. The van der Waals surface area contributed by atoms with Crippen LogP contribution in [-0.4, -0.2) is 28.9 Å². The predicted molar refractivity (Wildman–Crippen MR) is 82.9 cm³/mol. The molecule has 0 unspecified atom stereocenters. The highest BCUT2D eigenvalue weighted by atomic mass is 19.4. The van der Waals surface area contributed by atoms with Crippen molar-refractivity contribution in [3.05, 3.63) is 53.5 Å². The van der Waals surface area contributed by atoms with Crippen molar-refractivity contribution in [2.75, 3.05) is 6.61 Å². The van der Waals surface area contributed by atoms with E-state index in [1.54, 1.807) is 13.8 Å². The number of hydrogen-bond donors (Lipinski definition) is 1. The van der Waals surface area contributed by atoms with Crippen molar-refractivity contribution in [3.8, 4) is 0 Å². The maximum atomic E-state index is 14.3. The molecule has 2 heterocycles. The van der Waals surface area contributed by atoms with Gasteiger partial charge in [-0.2, -0.15) is 13.2 Å². The van der Waals surface area contributed by atoms with Crippen LogP contribution < -0.4 is 0 Å². The van der Waals surface area contributed by atoms with Crippen molar-refractivity contribution < 1.29 is 27.5 Å². The van der Waals surface area contributed by atoms with E-state index in [9.17, 15) is 22.8 Å². The molecule has 134 valence electrons. The number of amidine groups is 1. The predicted octanol–water partition coefficient (Wildman–Crippen LogP) is 4.44. The molecule has 1 N–H and O–H groups in total. The minimum Gasteiger partial charge on any atom is -0.356 e. The number of allylic oxidation sites excluding steroid dienone is 2. The lowest BCUT2D eigenvalue weighted by molar-refractivity contribution is -0.269. The van der Waals surface area contributed by atoms with Crippen molar-refractivity contribution in [1.82, 2.24) is 5.06 Å². The number of hydroxylamine groups is 2. The first-order valence-corrected chi connectivity index (χ1v) is 7.63. The Labute approximate surface area is 141 Å². The van der Waals surface area contributed by atoms with Gasteiger partial charge < -0.3 is 4.74 Å². The first kappa shape index (κ1) is 17.6. The van der Waals surface area contributed by atoms with Gasteiger partial charge in [-0.1, -0.05) is 19.9 Å². The third-order valence-electron chi connectivity index (χ3n) is 3.92. The monoisotopic (exact) mass is 356 g/mol. The van der Waals surface area contributed by atoms with E-state index in [0.717, 1.165) is 18.2 Å². The van der Waals surface area contributed by atoms with Gasteiger partial charge in [0.2, 0.25) is 5.60 Å². The van der Waals surface area contributed by atoms with E-state index >= 15 is 0 Å². The second kappa shape index (κ2) is 5.96. The smallest absolute Gasteiger partial charge is 0.356 e. The van der Waals surface area contributed by atoms with E-state index in [2.05, 4.69) is 4.99 Å². The zero-order valence-corrected chi connectivity index (χ0v) is 13.5. The lowest BCUT2D eigenvalue weighted by Crippen LogP contribution is -2.52. The fourth-order valence-electron chi connectivity index (χ4n) is 2.86. The Morgan fingerprint density at radius 3 is 2.68 bits per heavy atom. The summed E-state index contributed by atoms with van der Waals surface area (Å²) in [6.07, 6.45) is -1.31. The molecule has 2 aliphatic rings. The Hall–Kier alpha value is -2.19. The Kier molecular flexibility index (Phi) is 4.20. The minimum absolute atomic E-state index is 0.107. The Balaban J connectivity index is 2.32. The Morgan fingerprint density at radius 1 is 1.32 bits per heavy atom. The van der Waals surface area contributed by atoms with E-state index in [4.69, 9.17) is 4.74 Å². The van der Waals surface area contributed by atoms with Gasteiger partial charge in [-0.3, -0.25) is 5.21 Å². The van der Waals surface area contributed by atoms with E-state index in [1.807, 2.05) is 0 Å². The second-order valence-electron chi connectivity index (χ2n) is 6.25. The number of rotatable bonds is 3. The van der Waals surface area contributed by atoms with Crippen molar-refractivity contribution in [2.45, 2.75) is 25.6 Å². The van der Waals surface area contributed by atoms with Crippen molar-refractivity contribution in [2.24, 2.45) is 10.9 Å². The summed E-state index contributed by atoms with van der Waals surface area (Å²) in [6.45, 7) is 3.21. The minimum atomic E-state index is -4.90. The second-order valence-corrected chi connectivity index (χ2v) is 6.25. The molecule has 0 spiro atoms. The lowest BCUT2D eigenvalue weighted by atomic mass is 9.80. The quantitative estimate of drug-likeness (QED) is 0.814. The molecule has 0 aromatic heterocycles. The van der Waals surface area contributed by atoms with Crippen LogP contribution in [-0.2, 0) is 10.3 Å². The molecule has 0 fully saturated rings. The van der Waals surface area contributed by atoms with Crippen LogP contribution in [0.5, 0.6) is 0 Å². The molecule has 3 rings (SSSR count). The van der Waals surface area contributed by atoms with E-state index in [0.29, 0.717) is 5.06 Å². The molecule has 1 aromatic rings. The van der Waals surface area contributed by atoms with Gasteiger partial charge >= 0.3 is 6.18 Å². The molecule has 0 aliphatic carbocycles. The van der Waals surface area contributed by atoms with Gasteiger partial charge in [-0.15, -0.1) is 0 Å². The van der Waals surface area contributed by atoms with Crippen LogP contribution in [0, 0.1) is 11.7 Å². The molecule has 4 nitrogen and oxygen atoms in total. The molecule has 8 heteroatoms. The first-order chi connectivity index (χ1) is 11.7. The molecule has 0 amide bonds. The molecule has 1 atom stereocenters. The lowest BCUT2D eigenvalue weighted by Gasteiger charge is -2.43.